The van der Waals surface area contributed by atoms with Gasteiger partial charge in [-0.25, -0.2) is 4.79 Å². The zero-order valence-electron chi connectivity index (χ0n) is 11.3. The molecule has 1 aromatic carbocycles. The summed E-state index contributed by atoms with van der Waals surface area (Å²) >= 11 is 5.85. The second-order valence-corrected chi connectivity index (χ2v) is 5.18. The molecule has 108 valence electrons. The molecule has 0 saturated carbocycles. The Morgan fingerprint density at radius 2 is 2.15 bits per heavy atom. The third-order valence-electron chi connectivity index (χ3n) is 3.48. The number of ether oxygens (including phenoxy) is 1. The normalized spacial score (nSPS) is 18.7. The number of piperidine rings is 1. The standard InChI is InChI=1S/C14H17ClN2O3/c1-20-14(19)12-4-2-3-7-17(12)13(18)9-5-6-10(15)11(16)8-9/h5-6,8,12H,2-4,7,16H2,1H3. The van der Waals surface area contributed by atoms with E-state index in [1.807, 2.05) is 0 Å². The maximum atomic E-state index is 12.5. The topological polar surface area (TPSA) is 72.6 Å². The number of nitrogens with zero attached hydrogens (tertiary/aromatic N) is 1. The Morgan fingerprint density at radius 3 is 2.80 bits per heavy atom. The second kappa shape index (κ2) is 6.13. The highest BCUT2D eigenvalue weighted by molar-refractivity contribution is 6.33. The second-order valence-electron chi connectivity index (χ2n) is 4.77. The molecule has 1 amide bonds. The molecule has 0 aliphatic carbocycles. The van der Waals surface area contributed by atoms with E-state index in [0.717, 1.165) is 12.8 Å². The number of nitrogen functional groups attached to an aromatic ring is 1. The summed E-state index contributed by atoms with van der Waals surface area (Å²) in [4.78, 5) is 25.8. The summed E-state index contributed by atoms with van der Waals surface area (Å²) in [5, 5.41) is 0.407. The highest BCUT2D eigenvalue weighted by Gasteiger charge is 2.33. The first-order valence-corrected chi connectivity index (χ1v) is 6.86. The van der Waals surface area contributed by atoms with E-state index < -0.39 is 6.04 Å². The van der Waals surface area contributed by atoms with E-state index in [-0.39, 0.29) is 11.9 Å². The lowest BCUT2D eigenvalue weighted by atomic mass is 10.0. The lowest BCUT2D eigenvalue weighted by Crippen LogP contribution is -2.48. The molecule has 6 heteroatoms. The SMILES string of the molecule is COC(=O)C1CCCCN1C(=O)c1ccc(Cl)c(N)c1. The summed E-state index contributed by atoms with van der Waals surface area (Å²) in [5.41, 5.74) is 6.50. The molecule has 1 atom stereocenters. The van der Waals surface area contributed by atoms with Crippen LogP contribution in [-0.2, 0) is 9.53 Å². The van der Waals surface area contributed by atoms with Crippen LogP contribution in [0.25, 0.3) is 0 Å². The number of amides is 1. The van der Waals surface area contributed by atoms with Gasteiger partial charge in [0.25, 0.3) is 5.91 Å². The average Bonchev–Trinajstić information content (AvgIpc) is 2.48. The summed E-state index contributed by atoms with van der Waals surface area (Å²) in [6.07, 6.45) is 2.41. The average molecular weight is 297 g/mol. The van der Waals surface area contributed by atoms with Crippen LogP contribution in [0.1, 0.15) is 29.6 Å². The van der Waals surface area contributed by atoms with Crippen LogP contribution in [0, 0.1) is 0 Å². The highest BCUT2D eigenvalue weighted by atomic mass is 35.5. The fourth-order valence-corrected chi connectivity index (χ4v) is 2.52. The van der Waals surface area contributed by atoms with Crippen LogP contribution in [0.2, 0.25) is 5.02 Å². The molecule has 20 heavy (non-hydrogen) atoms. The van der Waals surface area contributed by atoms with Crippen molar-refractivity contribution in [2.24, 2.45) is 0 Å². The Kier molecular flexibility index (Phi) is 4.49. The molecule has 1 aromatic rings. The van der Waals surface area contributed by atoms with Crippen LogP contribution in [0.4, 0.5) is 5.69 Å². The van der Waals surface area contributed by atoms with E-state index in [4.69, 9.17) is 22.1 Å². The number of esters is 1. The molecule has 0 radical (unpaired) electrons. The Labute approximate surface area is 122 Å². The van der Waals surface area contributed by atoms with Crippen LogP contribution in [-0.4, -0.2) is 36.5 Å². The van der Waals surface area contributed by atoms with Crippen LogP contribution >= 0.6 is 11.6 Å². The first-order valence-electron chi connectivity index (χ1n) is 6.48. The number of carbonyl (C=O) groups is 2. The third-order valence-corrected chi connectivity index (χ3v) is 3.82. The molecule has 1 aliphatic rings. The quantitative estimate of drug-likeness (QED) is 0.670. The smallest absolute Gasteiger partial charge is 0.328 e. The van der Waals surface area contributed by atoms with Crippen LogP contribution in [0.5, 0.6) is 0 Å². The van der Waals surface area contributed by atoms with Gasteiger partial charge in [0.1, 0.15) is 6.04 Å². The molecule has 0 spiro atoms. The Bertz CT molecular complexity index is 533. The summed E-state index contributed by atoms with van der Waals surface area (Å²) in [6, 6.07) is 4.22. The molecule has 0 bridgehead atoms. The van der Waals surface area contributed by atoms with Gasteiger partial charge in [-0.15, -0.1) is 0 Å². The van der Waals surface area contributed by atoms with Crippen molar-refractivity contribution in [1.29, 1.82) is 0 Å². The van der Waals surface area contributed by atoms with E-state index in [0.29, 0.717) is 29.2 Å². The van der Waals surface area contributed by atoms with Crippen molar-refractivity contribution < 1.29 is 14.3 Å². The lowest BCUT2D eigenvalue weighted by molar-refractivity contribution is -0.147. The fourth-order valence-electron chi connectivity index (χ4n) is 2.40. The first kappa shape index (κ1) is 14.7. The van der Waals surface area contributed by atoms with E-state index in [9.17, 15) is 9.59 Å². The van der Waals surface area contributed by atoms with Crippen molar-refractivity contribution >= 4 is 29.2 Å². The van der Waals surface area contributed by atoms with E-state index in [2.05, 4.69) is 0 Å². The molecular weight excluding hydrogens is 280 g/mol. The number of nitrogens with two attached hydrogens (primary N) is 1. The lowest BCUT2D eigenvalue weighted by Gasteiger charge is -2.33. The summed E-state index contributed by atoms with van der Waals surface area (Å²) in [5.74, 6) is -0.594. The van der Waals surface area contributed by atoms with Gasteiger partial charge in [-0.2, -0.15) is 0 Å². The molecule has 2 N–H and O–H groups in total. The van der Waals surface area contributed by atoms with Gasteiger partial charge in [-0.3, -0.25) is 4.79 Å². The van der Waals surface area contributed by atoms with Crippen LogP contribution < -0.4 is 5.73 Å². The predicted molar refractivity (Wildman–Crippen MR) is 76.6 cm³/mol. The minimum absolute atomic E-state index is 0.219. The van der Waals surface area contributed by atoms with Gasteiger partial charge >= 0.3 is 5.97 Å². The maximum absolute atomic E-state index is 12.5. The van der Waals surface area contributed by atoms with Gasteiger partial charge in [0.15, 0.2) is 0 Å². The number of anilines is 1. The van der Waals surface area contributed by atoms with Crippen molar-refractivity contribution in [1.82, 2.24) is 4.90 Å². The van der Waals surface area contributed by atoms with Crippen molar-refractivity contribution in [3.63, 3.8) is 0 Å². The van der Waals surface area contributed by atoms with Gasteiger partial charge < -0.3 is 15.4 Å². The molecule has 2 rings (SSSR count). The molecular formula is C14H17ClN2O3. The van der Waals surface area contributed by atoms with Gasteiger partial charge in [0, 0.05) is 12.1 Å². The van der Waals surface area contributed by atoms with Gasteiger partial charge in [-0.1, -0.05) is 11.6 Å². The monoisotopic (exact) mass is 296 g/mol. The van der Waals surface area contributed by atoms with E-state index in [1.54, 1.807) is 17.0 Å². The third kappa shape index (κ3) is 2.88. The summed E-state index contributed by atoms with van der Waals surface area (Å²) < 4.78 is 4.77. The number of hydrogen-bond acceptors (Lipinski definition) is 4. The Morgan fingerprint density at radius 1 is 1.40 bits per heavy atom. The molecule has 1 fully saturated rings. The summed E-state index contributed by atoms with van der Waals surface area (Å²) in [6.45, 7) is 0.543. The largest absolute Gasteiger partial charge is 0.467 e. The number of hydrogen-bond donors (Lipinski definition) is 1. The molecule has 1 unspecified atom stereocenters. The molecule has 1 saturated heterocycles. The number of carbonyl (C=O) groups excluding carboxylic acids is 2. The van der Waals surface area contributed by atoms with Crippen molar-refractivity contribution in [3.8, 4) is 0 Å². The first-order chi connectivity index (χ1) is 9.54. The van der Waals surface area contributed by atoms with Gasteiger partial charge in [0.2, 0.25) is 0 Å². The van der Waals surface area contributed by atoms with Crippen LogP contribution in [0.3, 0.4) is 0 Å². The zero-order chi connectivity index (χ0) is 14.7. The van der Waals surface area contributed by atoms with Crippen molar-refractivity contribution in [2.75, 3.05) is 19.4 Å². The minimum Gasteiger partial charge on any atom is -0.467 e. The molecule has 1 heterocycles. The fraction of sp³-hybridized carbons (Fsp3) is 0.429. The predicted octanol–water partition coefficient (Wildman–Crippen LogP) is 2.09. The van der Waals surface area contributed by atoms with Gasteiger partial charge in [0.05, 0.1) is 17.8 Å². The minimum atomic E-state index is -0.516. The number of likely N-dealkylation sites (tertiary alicyclic amines) is 1. The number of benzene rings is 1. The highest BCUT2D eigenvalue weighted by Crippen LogP contribution is 2.24. The van der Waals surface area contributed by atoms with Crippen LogP contribution in [0.15, 0.2) is 18.2 Å². The molecule has 0 aromatic heterocycles. The summed E-state index contributed by atoms with van der Waals surface area (Å²) in [7, 11) is 1.33. The Balaban J connectivity index is 2.25. The molecule has 1 aliphatic heterocycles. The number of halogens is 1. The number of methoxy groups -OCH3 is 1. The number of rotatable bonds is 2. The van der Waals surface area contributed by atoms with E-state index >= 15 is 0 Å². The van der Waals surface area contributed by atoms with E-state index in [1.165, 1.54) is 13.2 Å². The Hall–Kier alpha value is -1.75. The zero-order valence-corrected chi connectivity index (χ0v) is 12.0. The van der Waals surface area contributed by atoms with Crippen molar-refractivity contribution in [2.45, 2.75) is 25.3 Å². The molecule has 5 nitrogen and oxygen atoms in total. The van der Waals surface area contributed by atoms with Crippen molar-refractivity contribution in [3.05, 3.63) is 28.8 Å². The van der Waals surface area contributed by atoms with Gasteiger partial charge in [-0.05, 0) is 37.5 Å². The maximum Gasteiger partial charge on any atom is 0.328 e.